The fourth-order valence-corrected chi connectivity index (χ4v) is 3.60. The van der Waals surface area contributed by atoms with Gasteiger partial charge in [0.15, 0.2) is 0 Å². The molecule has 2 amide bonds. The van der Waals surface area contributed by atoms with Crippen LogP contribution in [0.1, 0.15) is 41.8 Å². The summed E-state index contributed by atoms with van der Waals surface area (Å²) in [6.07, 6.45) is 0.294. The Kier molecular flexibility index (Phi) is 6.12. The molecule has 1 aliphatic rings. The standard InChI is InChI=1S/C23H27FN2O2/c1-16(2)21-15-25(23(28)19-8-4-17(3)5-9-19)13-12-22(27)26(21)14-18-6-10-20(24)11-7-18/h4-11,16,21H,12-15H2,1-3H3/t21-/m1/s1. The Hall–Kier alpha value is -2.69. The Morgan fingerprint density at radius 2 is 1.75 bits per heavy atom. The maximum atomic E-state index is 13.2. The van der Waals surface area contributed by atoms with Crippen molar-refractivity contribution in [1.29, 1.82) is 0 Å². The Morgan fingerprint density at radius 3 is 2.36 bits per heavy atom. The van der Waals surface area contributed by atoms with Crippen molar-refractivity contribution in [3.05, 3.63) is 71.0 Å². The first-order valence-corrected chi connectivity index (χ1v) is 9.75. The van der Waals surface area contributed by atoms with E-state index in [1.165, 1.54) is 12.1 Å². The van der Waals surface area contributed by atoms with E-state index in [-0.39, 0.29) is 29.6 Å². The lowest BCUT2D eigenvalue weighted by molar-refractivity contribution is -0.134. The van der Waals surface area contributed by atoms with Crippen LogP contribution in [0.3, 0.4) is 0 Å². The van der Waals surface area contributed by atoms with Gasteiger partial charge in [0.2, 0.25) is 5.91 Å². The summed E-state index contributed by atoms with van der Waals surface area (Å²) in [7, 11) is 0. The monoisotopic (exact) mass is 382 g/mol. The predicted octanol–water partition coefficient (Wildman–Crippen LogP) is 4.03. The molecule has 0 saturated carbocycles. The van der Waals surface area contributed by atoms with Gasteiger partial charge in [-0.3, -0.25) is 9.59 Å². The Morgan fingerprint density at radius 1 is 1.11 bits per heavy atom. The molecule has 3 rings (SSSR count). The molecule has 0 aromatic heterocycles. The Balaban J connectivity index is 1.82. The summed E-state index contributed by atoms with van der Waals surface area (Å²) < 4.78 is 13.2. The van der Waals surface area contributed by atoms with E-state index in [1.54, 1.807) is 17.0 Å². The minimum Gasteiger partial charge on any atom is -0.336 e. The Labute approximate surface area is 166 Å². The van der Waals surface area contributed by atoms with Crippen molar-refractivity contribution >= 4 is 11.8 Å². The zero-order valence-corrected chi connectivity index (χ0v) is 16.7. The molecule has 148 valence electrons. The van der Waals surface area contributed by atoms with Crippen LogP contribution >= 0.6 is 0 Å². The highest BCUT2D eigenvalue weighted by Crippen LogP contribution is 2.22. The van der Waals surface area contributed by atoms with Crippen LogP contribution in [0, 0.1) is 18.7 Å². The summed E-state index contributed by atoms with van der Waals surface area (Å²) in [5, 5.41) is 0. The molecule has 0 radical (unpaired) electrons. The number of carbonyl (C=O) groups excluding carboxylic acids is 2. The minimum absolute atomic E-state index is 0.0298. The van der Waals surface area contributed by atoms with Gasteiger partial charge in [0.1, 0.15) is 5.82 Å². The molecule has 0 aliphatic carbocycles. The van der Waals surface area contributed by atoms with E-state index >= 15 is 0 Å². The maximum absolute atomic E-state index is 13.2. The van der Waals surface area contributed by atoms with Gasteiger partial charge in [-0.1, -0.05) is 43.7 Å². The summed E-state index contributed by atoms with van der Waals surface area (Å²) in [5.74, 6) is -0.110. The largest absolute Gasteiger partial charge is 0.336 e. The molecule has 1 aliphatic heterocycles. The first-order valence-electron chi connectivity index (χ1n) is 9.75. The average molecular weight is 382 g/mol. The first kappa shape index (κ1) is 20.1. The molecule has 1 saturated heterocycles. The number of halogens is 1. The highest BCUT2D eigenvalue weighted by atomic mass is 19.1. The van der Waals surface area contributed by atoms with Gasteiger partial charge in [0.25, 0.3) is 5.91 Å². The smallest absolute Gasteiger partial charge is 0.253 e. The zero-order chi connectivity index (χ0) is 20.3. The average Bonchev–Trinajstić information content (AvgIpc) is 2.83. The molecule has 4 nitrogen and oxygen atoms in total. The number of hydrogen-bond acceptors (Lipinski definition) is 2. The van der Waals surface area contributed by atoms with Crippen LogP contribution in [-0.4, -0.2) is 40.7 Å². The van der Waals surface area contributed by atoms with E-state index in [0.717, 1.165) is 11.1 Å². The van der Waals surface area contributed by atoms with Crippen molar-refractivity contribution in [3.63, 3.8) is 0 Å². The van der Waals surface area contributed by atoms with Crippen LogP contribution in [0.15, 0.2) is 48.5 Å². The fraction of sp³-hybridized carbons (Fsp3) is 0.391. The molecule has 2 aromatic rings. The van der Waals surface area contributed by atoms with Crippen LogP contribution in [-0.2, 0) is 11.3 Å². The quantitative estimate of drug-likeness (QED) is 0.801. The van der Waals surface area contributed by atoms with Crippen LogP contribution < -0.4 is 0 Å². The third-order valence-electron chi connectivity index (χ3n) is 5.35. The topological polar surface area (TPSA) is 40.6 Å². The second kappa shape index (κ2) is 8.55. The molecule has 28 heavy (non-hydrogen) atoms. The summed E-state index contributed by atoms with van der Waals surface area (Å²) >= 11 is 0. The highest BCUT2D eigenvalue weighted by molar-refractivity contribution is 5.94. The summed E-state index contributed by atoms with van der Waals surface area (Å²) in [6.45, 7) is 7.45. The molecule has 1 heterocycles. The van der Waals surface area contributed by atoms with Gasteiger partial charge >= 0.3 is 0 Å². The number of nitrogens with zero attached hydrogens (tertiary/aromatic N) is 2. The van der Waals surface area contributed by atoms with Gasteiger partial charge in [0, 0.05) is 31.6 Å². The van der Waals surface area contributed by atoms with Crippen LogP contribution in [0.4, 0.5) is 4.39 Å². The molecule has 1 fully saturated rings. The van der Waals surface area contributed by atoms with Gasteiger partial charge in [-0.2, -0.15) is 0 Å². The number of amides is 2. The summed E-state index contributed by atoms with van der Waals surface area (Å²) in [4.78, 5) is 29.5. The molecule has 2 aromatic carbocycles. The van der Waals surface area contributed by atoms with E-state index < -0.39 is 0 Å². The number of benzene rings is 2. The molecule has 5 heteroatoms. The van der Waals surface area contributed by atoms with Gasteiger partial charge in [-0.05, 0) is 42.7 Å². The van der Waals surface area contributed by atoms with E-state index in [4.69, 9.17) is 0 Å². The number of rotatable bonds is 4. The van der Waals surface area contributed by atoms with Crippen molar-refractivity contribution < 1.29 is 14.0 Å². The van der Waals surface area contributed by atoms with E-state index in [2.05, 4.69) is 13.8 Å². The number of aryl methyl sites for hydroxylation is 1. The number of hydrogen-bond donors (Lipinski definition) is 0. The van der Waals surface area contributed by atoms with Crippen LogP contribution in [0.5, 0.6) is 0 Å². The van der Waals surface area contributed by atoms with E-state index in [1.807, 2.05) is 36.1 Å². The summed E-state index contributed by atoms with van der Waals surface area (Å²) in [5.41, 5.74) is 2.64. The van der Waals surface area contributed by atoms with E-state index in [9.17, 15) is 14.0 Å². The molecule has 1 atom stereocenters. The third-order valence-corrected chi connectivity index (χ3v) is 5.35. The maximum Gasteiger partial charge on any atom is 0.253 e. The molecule has 0 N–H and O–H groups in total. The van der Waals surface area contributed by atoms with Gasteiger partial charge < -0.3 is 9.80 Å². The lowest BCUT2D eigenvalue weighted by Crippen LogP contribution is -2.47. The molecule has 0 unspecified atom stereocenters. The molecular formula is C23H27FN2O2. The van der Waals surface area contributed by atoms with Gasteiger partial charge in [0.05, 0.1) is 6.04 Å². The normalized spacial score (nSPS) is 17.8. The predicted molar refractivity (Wildman–Crippen MR) is 107 cm³/mol. The number of carbonyl (C=O) groups is 2. The second-order valence-corrected chi connectivity index (χ2v) is 7.83. The van der Waals surface area contributed by atoms with E-state index in [0.29, 0.717) is 31.6 Å². The van der Waals surface area contributed by atoms with Crippen molar-refractivity contribution in [2.24, 2.45) is 5.92 Å². The zero-order valence-electron chi connectivity index (χ0n) is 16.7. The highest BCUT2D eigenvalue weighted by Gasteiger charge is 2.33. The fourth-order valence-electron chi connectivity index (χ4n) is 3.60. The Bertz CT molecular complexity index is 831. The minimum atomic E-state index is -0.291. The first-order chi connectivity index (χ1) is 13.3. The molecule has 0 spiro atoms. The van der Waals surface area contributed by atoms with Crippen LogP contribution in [0.25, 0.3) is 0 Å². The van der Waals surface area contributed by atoms with Crippen molar-refractivity contribution in [2.45, 2.75) is 39.8 Å². The SMILES string of the molecule is Cc1ccc(C(=O)N2CCC(=O)N(Cc3ccc(F)cc3)[C@@H](C(C)C)C2)cc1. The van der Waals surface area contributed by atoms with Crippen molar-refractivity contribution in [3.8, 4) is 0 Å². The lowest BCUT2D eigenvalue weighted by atomic mass is 10.0. The summed E-state index contributed by atoms with van der Waals surface area (Å²) in [6, 6.07) is 13.7. The van der Waals surface area contributed by atoms with Crippen molar-refractivity contribution in [2.75, 3.05) is 13.1 Å². The van der Waals surface area contributed by atoms with Crippen LogP contribution in [0.2, 0.25) is 0 Å². The lowest BCUT2D eigenvalue weighted by Gasteiger charge is -2.34. The third kappa shape index (κ3) is 4.58. The second-order valence-electron chi connectivity index (χ2n) is 7.83. The molecule has 0 bridgehead atoms. The van der Waals surface area contributed by atoms with Gasteiger partial charge in [-0.15, -0.1) is 0 Å². The van der Waals surface area contributed by atoms with Crippen molar-refractivity contribution in [1.82, 2.24) is 9.80 Å². The molecular weight excluding hydrogens is 355 g/mol. The van der Waals surface area contributed by atoms with Gasteiger partial charge in [-0.25, -0.2) is 4.39 Å².